The highest BCUT2D eigenvalue weighted by Gasteiger charge is 2.06. The normalized spacial score (nSPS) is 9.93. The molecule has 0 fully saturated rings. The van der Waals surface area contributed by atoms with E-state index in [0.717, 1.165) is 0 Å². The van der Waals surface area contributed by atoms with E-state index in [1.807, 2.05) is 6.07 Å². The van der Waals surface area contributed by atoms with Crippen LogP contribution in [0.5, 0.6) is 0 Å². The second-order valence-electron chi connectivity index (χ2n) is 3.01. The first-order chi connectivity index (χ1) is 7.20. The maximum absolute atomic E-state index is 12.7. The fraction of sp³-hybridized carbons (Fsp3) is 0.100. The Kier molecular flexibility index (Phi) is 2.18. The summed E-state index contributed by atoms with van der Waals surface area (Å²) >= 11 is 0. The highest BCUT2D eigenvalue weighted by molar-refractivity contribution is 5.31. The lowest BCUT2D eigenvalue weighted by molar-refractivity contribution is 0.626. The summed E-state index contributed by atoms with van der Waals surface area (Å²) in [4.78, 5) is 1.31. The summed E-state index contributed by atoms with van der Waals surface area (Å²) in [5.41, 5.74) is 1.46. The summed E-state index contributed by atoms with van der Waals surface area (Å²) in [6.07, 6.45) is 0. The Morgan fingerprint density at radius 2 is 1.93 bits per heavy atom. The van der Waals surface area contributed by atoms with Gasteiger partial charge < -0.3 is 0 Å². The van der Waals surface area contributed by atoms with Crippen LogP contribution in [0.25, 0.3) is 5.69 Å². The van der Waals surface area contributed by atoms with Gasteiger partial charge in [-0.15, -0.1) is 5.10 Å². The number of benzene rings is 1. The molecule has 0 aliphatic rings. The number of aromatic nitrogens is 3. The van der Waals surface area contributed by atoms with Gasteiger partial charge in [0.25, 0.3) is 0 Å². The van der Waals surface area contributed by atoms with Crippen molar-refractivity contribution in [2.24, 2.45) is 0 Å². The molecule has 0 saturated heterocycles. The number of aryl methyl sites for hydroxylation is 1. The molecule has 0 N–H and O–H groups in total. The van der Waals surface area contributed by atoms with Crippen LogP contribution in [0.3, 0.4) is 0 Å². The minimum Gasteiger partial charge on any atom is -0.207 e. The van der Waals surface area contributed by atoms with Gasteiger partial charge in [-0.3, -0.25) is 0 Å². The van der Waals surface area contributed by atoms with Gasteiger partial charge in [-0.25, -0.2) is 4.39 Å². The maximum atomic E-state index is 12.7. The van der Waals surface area contributed by atoms with Crippen molar-refractivity contribution in [1.82, 2.24) is 15.0 Å². The molecule has 0 atom stereocenters. The molecular weight excluding hydrogens is 195 g/mol. The SMILES string of the molecule is Cc1nn(-c2ccc(F)cc2)nc1C#N. The van der Waals surface area contributed by atoms with Gasteiger partial charge >= 0.3 is 0 Å². The minimum atomic E-state index is -0.317. The fourth-order valence-corrected chi connectivity index (χ4v) is 1.17. The van der Waals surface area contributed by atoms with Gasteiger partial charge in [0, 0.05) is 0 Å². The van der Waals surface area contributed by atoms with Crippen LogP contribution >= 0.6 is 0 Å². The Morgan fingerprint density at radius 1 is 1.27 bits per heavy atom. The third-order valence-electron chi connectivity index (χ3n) is 1.95. The van der Waals surface area contributed by atoms with Crippen molar-refractivity contribution in [1.29, 1.82) is 5.26 Å². The molecule has 74 valence electrons. The lowest BCUT2D eigenvalue weighted by Gasteiger charge is -1.97. The minimum absolute atomic E-state index is 0.277. The molecule has 2 aromatic rings. The van der Waals surface area contributed by atoms with Crippen LogP contribution in [0.4, 0.5) is 4.39 Å². The van der Waals surface area contributed by atoms with Crippen molar-refractivity contribution in [2.45, 2.75) is 6.92 Å². The first-order valence-electron chi connectivity index (χ1n) is 4.30. The van der Waals surface area contributed by atoms with Crippen LogP contribution in [0, 0.1) is 24.1 Å². The van der Waals surface area contributed by atoms with E-state index in [1.165, 1.54) is 16.9 Å². The Morgan fingerprint density at radius 3 is 2.47 bits per heavy atom. The molecule has 0 aliphatic carbocycles. The van der Waals surface area contributed by atoms with Crippen molar-refractivity contribution in [3.05, 3.63) is 41.5 Å². The predicted molar refractivity (Wildman–Crippen MR) is 50.8 cm³/mol. The van der Waals surface area contributed by atoms with Crippen molar-refractivity contribution < 1.29 is 4.39 Å². The van der Waals surface area contributed by atoms with Gasteiger partial charge in [0.05, 0.1) is 11.4 Å². The van der Waals surface area contributed by atoms with E-state index in [-0.39, 0.29) is 11.5 Å². The quantitative estimate of drug-likeness (QED) is 0.705. The van der Waals surface area contributed by atoms with Crippen molar-refractivity contribution in [3.8, 4) is 11.8 Å². The smallest absolute Gasteiger partial charge is 0.186 e. The molecule has 5 heteroatoms. The highest BCUT2D eigenvalue weighted by Crippen LogP contribution is 2.08. The molecule has 15 heavy (non-hydrogen) atoms. The summed E-state index contributed by atoms with van der Waals surface area (Å²) in [7, 11) is 0. The second-order valence-corrected chi connectivity index (χ2v) is 3.01. The monoisotopic (exact) mass is 202 g/mol. The first kappa shape index (κ1) is 9.34. The van der Waals surface area contributed by atoms with Crippen LogP contribution in [-0.2, 0) is 0 Å². The van der Waals surface area contributed by atoms with Crippen LogP contribution in [0.1, 0.15) is 11.4 Å². The van der Waals surface area contributed by atoms with Crippen molar-refractivity contribution >= 4 is 0 Å². The van der Waals surface area contributed by atoms with Crippen molar-refractivity contribution in [3.63, 3.8) is 0 Å². The van der Waals surface area contributed by atoms with E-state index < -0.39 is 0 Å². The Hall–Kier alpha value is -2.22. The standard InChI is InChI=1S/C10H7FN4/c1-7-10(6-12)14-15(13-7)9-4-2-8(11)3-5-9/h2-5H,1H3. The van der Waals surface area contributed by atoms with Gasteiger partial charge in [-0.2, -0.15) is 15.2 Å². The number of hydrogen-bond acceptors (Lipinski definition) is 3. The van der Waals surface area contributed by atoms with Crippen molar-refractivity contribution in [2.75, 3.05) is 0 Å². The van der Waals surface area contributed by atoms with Gasteiger partial charge in [0.2, 0.25) is 0 Å². The van der Waals surface area contributed by atoms with Gasteiger partial charge in [-0.05, 0) is 31.2 Å². The number of rotatable bonds is 1. The number of nitrogens with zero attached hydrogens (tertiary/aromatic N) is 4. The highest BCUT2D eigenvalue weighted by atomic mass is 19.1. The average Bonchev–Trinajstić information content (AvgIpc) is 2.61. The number of hydrogen-bond donors (Lipinski definition) is 0. The fourth-order valence-electron chi connectivity index (χ4n) is 1.17. The Balaban J connectivity index is 2.46. The Labute approximate surface area is 85.6 Å². The summed E-state index contributed by atoms with van der Waals surface area (Å²) in [6, 6.07) is 7.67. The van der Waals surface area contributed by atoms with Crippen LogP contribution in [-0.4, -0.2) is 15.0 Å². The van der Waals surface area contributed by atoms with E-state index in [4.69, 9.17) is 5.26 Å². The molecule has 0 unspecified atom stereocenters. The van der Waals surface area contributed by atoms with Crippen LogP contribution in [0.2, 0.25) is 0 Å². The van der Waals surface area contributed by atoms with E-state index in [1.54, 1.807) is 19.1 Å². The molecule has 4 nitrogen and oxygen atoms in total. The summed E-state index contributed by atoms with van der Waals surface area (Å²) in [6.45, 7) is 1.70. The Bertz CT molecular complexity index is 521. The molecule has 1 aromatic carbocycles. The third kappa shape index (κ3) is 1.70. The second kappa shape index (κ2) is 3.50. The zero-order valence-corrected chi connectivity index (χ0v) is 7.98. The molecule has 0 aliphatic heterocycles. The summed E-state index contributed by atoms with van der Waals surface area (Å²) in [5.74, 6) is -0.317. The lowest BCUT2D eigenvalue weighted by Crippen LogP contribution is -1.98. The summed E-state index contributed by atoms with van der Waals surface area (Å²) < 4.78 is 12.7. The maximum Gasteiger partial charge on any atom is 0.186 e. The molecule has 0 radical (unpaired) electrons. The van der Waals surface area contributed by atoms with Crippen LogP contribution in [0.15, 0.2) is 24.3 Å². The van der Waals surface area contributed by atoms with E-state index >= 15 is 0 Å². The molecular formula is C10H7FN4. The van der Waals surface area contributed by atoms with E-state index in [2.05, 4.69) is 10.2 Å². The third-order valence-corrected chi connectivity index (χ3v) is 1.95. The molecule has 0 amide bonds. The largest absolute Gasteiger partial charge is 0.207 e. The molecule has 0 spiro atoms. The summed E-state index contributed by atoms with van der Waals surface area (Å²) in [5, 5.41) is 16.7. The topological polar surface area (TPSA) is 54.5 Å². The van der Waals surface area contributed by atoms with Gasteiger partial charge in [0.1, 0.15) is 11.9 Å². The van der Waals surface area contributed by atoms with Gasteiger partial charge in [-0.1, -0.05) is 0 Å². The van der Waals surface area contributed by atoms with Gasteiger partial charge in [0.15, 0.2) is 5.69 Å². The molecule has 0 bridgehead atoms. The number of nitriles is 1. The molecule has 1 heterocycles. The first-order valence-corrected chi connectivity index (χ1v) is 4.30. The molecule has 1 aromatic heterocycles. The zero-order chi connectivity index (χ0) is 10.8. The molecule has 2 rings (SSSR count). The number of halogens is 1. The lowest BCUT2D eigenvalue weighted by atomic mass is 10.3. The van der Waals surface area contributed by atoms with E-state index in [0.29, 0.717) is 11.4 Å². The molecule has 0 saturated carbocycles. The van der Waals surface area contributed by atoms with E-state index in [9.17, 15) is 4.39 Å². The predicted octanol–water partition coefficient (Wildman–Crippen LogP) is 1.59. The zero-order valence-electron chi connectivity index (χ0n) is 7.98. The van der Waals surface area contributed by atoms with Crippen LogP contribution < -0.4 is 0 Å². The average molecular weight is 202 g/mol.